The summed E-state index contributed by atoms with van der Waals surface area (Å²) in [6.45, 7) is 1.63. The van der Waals surface area contributed by atoms with Crippen LogP contribution >= 0.6 is 11.6 Å². The van der Waals surface area contributed by atoms with E-state index in [4.69, 9.17) is 11.6 Å². The maximum absolute atomic E-state index is 13.0. The Morgan fingerprint density at radius 3 is 2.58 bits per heavy atom. The molecule has 0 bridgehead atoms. The SMILES string of the molecule is Cc1ccc(NC(=O)c2c[nH]c3ccc([N+](=O)[O-])cc23)cc1S(=O)(=O)Nc1ccccc1Cl. The van der Waals surface area contributed by atoms with E-state index in [0.717, 1.165) is 0 Å². The van der Waals surface area contributed by atoms with Crippen LogP contribution in [0.5, 0.6) is 0 Å². The second kappa shape index (κ2) is 8.57. The van der Waals surface area contributed by atoms with E-state index in [1.54, 1.807) is 37.3 Å². The number of aryl methyl sites for hydroxylation is 1. The van der Waals surface area contributed by atoms with Crippen molar-refractivity contribution in [2.24, 2.45) is 0 Å². The van der Waals surface area contributed by atoms with Crippen molar-refractivity contribution in [3.05, 3.63) is 93.1 Å². The molecule has 0 saturated heterocycles. The van der Waals surface area contributed by atoms with Gasteiger partial charge in [-0.25, -0.2) is 8.42 Å². The van der Waals surface area contributed by atoms with Gasteiger partial charge in [0.15, 0.2) is 0 Å². The summed E-state index contributed by atoms with van der Waals surface area (Å²) in [5.74, 6) is -0.548. The number of fused-ring (bicyclic) bond motifs is 1. The lowest BCUT2D eigenvalue weighted by Gasteiger charge is -2.13. The van der Waals surface area contributed by atoms with Gasteiger partial charge in [-0.2, -0.15) is 0 Å². The minimum Gasteiger partial charge on any atom is -0.360 e. The highest BCUT2D eigenvalue weighted by Crippen LogP contribution is 2.28. The third-order valence-corrected chi connectivity index (χ3v) is 6.81. The number of hydrogen-bond donors (Lipinski definition) is 3. The number of amides is 1. The van der Waals surface area contributed by atoms with E-state index in [0.29, 0.717) is 16.5 Å². The van der Waals surface area contributed by atoms with Crippen molar-refractivity contribution >= 4 is 55.5 Å². The highest BCUT2D eigenvalue weighted by atomic mass is 35.5. The Kier molecular flexibility index (Phi) is 5.79. The van der Waals surface area contributed by atoms with Gasteiger partial charge in [-0.1, -0.05) is 29.8 Å². The Hall–Kier alpha value is -3.89. The average molecular weight is 485 g/mol. The molecule has 3 N–H and O–H groups in total. The molecule has 0 aliphatic carbocycles. The van der Waals surface area contributed by atoms with Crippen LogP contribution in [-0.2, 0) is 10.0 Å². The van der Waals surface area contributed by atoms with Gasteiger partial charge in [0.1, 0.15) is 0 Å². The molecule has 168 valence electrons. The van der Waals surface area contributed by atoms with Crippen molar-refractivity contribution in [1.29, 1.82) is 0 Å². The molecule has 3 aromatic carbocycles. The number of nitrogens with zero attached hydrogens (tertiary/aromatic N) is 1. The summed E-state index contributed by atoms with van der Waals surface area (Å²) >= 11 is 6.06. The van der Waals surface area contributed by atoms with Crippen LogP contribution in [0.4, 0.5) is 17.1 Å². The first-order chi connectivity index (χ1) is 15.7. The van der Waals surface area contributed by atoms with Crippen LogP contribution in [0.15, 0.2) is 71.8 Å². The average Bonchev–Trinajstić information content (AvgIpc) is 3.20. The van der Waals surface area contributed by atoms with Gasteiger partial charge in [-0.05, 0) is 42.8 Å². The number of halogens is 1. The lowest BCUT2D eigenvalue weighted by Crippen LogP contribution is -2.16. The molecule has 1 amide bonds. The second-order valence-electron chi connectivity index (χ2n) is 7.21. The smallest absolute Gasteiger partial charge is 0.270 e. The van der Waals surface area contributed by atoms with E-state index in [1.807, 2.05) is 0 Å². The molecular weight excluding hydrogens is 468 g/mol. The number of aromatic amines is 1. The number of nitrogens with one attached hydrogen (secondary N) is 3. The zero-order chi connectivity index (χ0) is 23.8. The molecule has 0 aliphatic heterocycles. The molecule has 0 aliphatic rings. The molecule has 4 rings (SSSR count). The molecule has 0 atom stereocenters. The lowest BCUT2D eigenvalue weighted by atomic mass is 10.1. The number of nitro benzene ring substituents is 1. The van der Waals surface area contributed by atoms with E-state index in [1.165, 1.54) is 36.5 Å². The number of benzene rings is 3. The van der Waals surface area contributed by atoms with Crippen molar-refractivity contribution < 1.29 is 18.1 Å². The standard InChI is InChI=1S/C22H17ClN4O5S/c1-13-6-7-14(10-21(13)33(31,32)26-20-5-3-2-4-18(20)23)25-22(28)17-12-24-19-9-8-15(27(29)30)11-16(17)19/h2-12,24,26H,1H3,(H,25,28). The molecule has 0 fully saturated rings. The zero-order valence-electron chi connectivity index (χ0n) is 17.1. The molecule has 33 heavy (non-hydrogen) atoms. The third-order valence-electron chi connectivity index (χ3n) is 4.97. The van der Waals surface area contributed by atoms with Gasteiger partial charge in [-0.3, -0.25) is 19.6 Å². The number of carbonyl (C=O) groups is 1. The zero-order valence-corrected chi connectivity index (χ0v) is 18.7. The fourth-order valence-electron chi connectivity index (χ4n) is 3.32. The predicted molar refractivity (Wildman–Crippen MR) is 126 cm³/mol. The summed E-state index contributed by atoms with van der Waals surface area (Å²) in [7, 11) is -4.00. The van der Waals surface area contributed by atoms with Crippen molar-refractivity contribution in [1.82, 2.24) is 4.98 Å². The lowest BCUT2D eigenvalue weighted by molar-refractivity contribution is -0.384. The Labute approximate surface area is 193 Å². The number of sulfonamides is 1. The maximum atomic E-state index is 13.0. The second-order valence-corrected chi connectivity index (χ2v) is 9.27. The number of non-ortho nitro benzene ring substituents is 1. The van der Waals surface area contributed by atoms with E-state index in [2.05, 4.69) is 15.0 Å². The first-order valence-corrected chi connectivity index (χ1v) is 11.5. The van der Waals surface area contributed by atoms with Crippen molar-refractivity contribution in [3.63, 3.8) is 0 Å². The van der Waals surface area contributed by atoms with Gasteiger partial charge in [0.2, 0.25) is 0 Å². The number of para-hydroxylation sites is 1. The third kappa shape index (κ3) is 4.52. The van der Waals surface area contributed by atoms with E-state index < -0.39 is 20.9 Å². The normalized spacial score (nSPS) is 11.3. The summed E-state index contributed by atoms with van der Waals surface area (Å²) < 4.78 is 28.4. The topological polar surface area (TPSA) is 134 Å². The highest BCUT2D eigenvalue weighted by Gasteiger charge is 2.20. The van der Waals surface area contributed by atoms with E-state index in [-0.39, 0.29) is 32.5 Å². The molecule has 0 unspecified atom stereocenters. The molecule has 1 aromatic heterocycles. The largest absolute Gasteiger partial charge is 0.360 e. The van der Waals surface area contributed by atoms with Gasteiger partial charge >= 0.3 is 0 Å². The van der Waals surface area contributed by atoms with Crippen LogP contribution in [0.1, 0.15) is 15.9 Å². The van der Waals surface area contributed by atoms with Crippen LogP contribution in [-0.4, -0.2) is 24.2 Å². The Balaban J connectivity index is 1.64. The number of hydrogen-bond acceptors (Lipinski definition) is 5. The number of rotatable bonds is 6. The van der Waals surface area contributed by atoms with Gasteiger partial charge in [0, 0.05) is 34.9 Å². The first-order valence-electron chi connectivity index (χ1n) is 9.60. The first kappa shape index (κ1) is 22.3. The van der Waals surface area contributed by atoms with E-state index >= 15 is 0 Å². The van der Waals surface area contributed by atoms with Gasteiger partial charge in [0.05, 0.1) is 26.1 Å². The summed E-state index contributed by atoms with van der Waals surface area (Å²) in [4.78, 5) is 26.3. The molecular formula is C22H17ClN4O5S. The fraction of sp³-hybridized carbons (Fsp3) is 0.0455. The Bertz CT molecular complexity index is 1510. The van der Waals surface area contributed by atoms with Crippen molar-refractivity contribution in [3.8, 4) is 0 Å². The van der Waals surface area contributed by atoms with Crippen molar-refractivity contribution in [2.45, 2.75) is 11.8 Å². The molecule has 0 radical (unpaired) electrons. The quantitative estimate of drug-likeness (QED) is 0.259. The highest BCUT2D eigenvalue weighted by molar-refractivity contribution is 7.92. The number of nitro groups is 1. The summed E-state index contributed by atoms with van der Waals surface area (Å²) in [5.41, 5.74) is 1.54. The minimum atomic E-state index is -4.00. The van der Waals surface area contributed by atoms with Gasteiger partial charge in [0.25, 0.3) is 21.6 Å². The van der Waals surface area contributed by atoms with E-state index in [9.17, 15) is 23.3 Å². The van der Waals surface area contributed by atoms with Crippen LogP contribution in [0.25, 0.3) is 10.9 Å². The number of carbonyl (C=O) groups excluding carboxylic acids is 1. The summed E-state index contributed by atoms with van der Waals surface area (Å²) in [6.07, 6.45) is 1.44. The number of anilines is 2. The van der Waals surface area contributed by atoms with Crippen LogP contribution in [0.2, 0.25) is 5.02 Å². The summed E-state index contributed by atoms with van der Waals surface area (Å²) in [5, 5.41) is 14.4. The Morgan fingerprint density at radius 2 is 1.85 bits per heavy atom. The van der Waals surface area contributed by atoms with Gasteiger partial charge < -0.3 is 10.3 Å². The Morgan fingerprint density at radius 1 is 1.09 bits per heavy atom. The molecule has 0 saturated carbocycles. The monoisotopic (exact) mass is 484 g/mol. The van der Waals surface area contributed by atoms with Crippen molar-refractivity contribution in [2.75, 3.05) is 10.0 Å². The fourth-order valence-corrected chi connectivity index (χ4v) is 4.91. The van der Waals surface area contributed by atoms with Gasteiger partial charge in [-0.15, -0.1) is 0 Å². The maximum Gasteiger partial charge on any atom is 0.270 e. The van der Waals surface area contributed by atoms with Crippen LogP contribution in [0.3, 0.4) is 0 Å². The minimum absolute atomic E-state index is 0.0326. The molecule has 11 heteroatoms. The van der Waals surface area contributed by atoms with Crippen LogP contribution in [0, 0.1) is 17.0 Å². The molecule has 1 heterocycles. The predicted octanol–water partition coefficient (Wildman–Crippen LogP) is 5.09. The molecule has 4 aromatic rings. The summed E-state index contributed by atoms with van der Waals surface area (Å²) in [6, 6.07) is 15.1. The number of aromatic nitrogens is 1. The number of H-pyrrole nitrogens is 1. The molecule has 0 spiro atoms. The molecule has 9 nitrogen and oxygen atoms in total. The van der Waals surface area contributed by atoms with Crippen LogP contribution < -0.4 is 10.0 Å².